The quantitative estimate of drug-likeness (QED) is 0.632. The van der Waals surface area contributed by atoms with Crippen LogP contribution in [0.4, 0.5) is 5.69 Å². The predicted molar refractivity (Wildman–Crippen MR) is 89.2 cm³/mol. The molecule has 1 aliphatic rings. The summed E-state index contributed by atoms with van der Waals surface area (Å²) in [7, 11) is 0. The first-order chi connectivity index (χ1) is 10.7. The minimum Gasteiger partial charge on any atom is -0.339 e. The summed E-state index contributed by atoms with van der Waals surface area (Å²) >= 11 is 6.09. The van der Waals surface area contributed by atoms with E-state index in [0.29, 0.717) is 11.1 Å². The third-order valence-corrected chi connectivity index (χ3v) is 4.00. The molecule has 0 bridgehead atoms. The molecular weight excluding hydrogens is 298 g/mol. The van der Waals surface area contributed by atoms with Crippen LogP contribution in [0.15, 0.2) is 46.6 Å². The number of halogens is 1. The maximum atomic E-state index is 6.09. The van der Waals surface area contributed by atoms with E-state index in [1.54, 1.807) is 12.4 Å². The molecular formula is C16H16ClN5. The molecule has 0 saturated carbocycles. The van der Waals surface area contributed by atoms with E-state index in [1.165, 1.54) is 0 Å². The highest BCUT2D eigenvalue weighted by atomic mass is 35.5. The second-order valence-corrected chi connectivity index (χ2v) is 5.55. The molecule has 112 valence electrons. The molecule has 0 radical (unpaired) electrons. The Kier molecular flexibility index (Phi) is 4.15. The van der Waals surface area contributed by atoms with Gasteiger partial charge in [0.05, 0.1) is 11.4 Å². The summed E-state index contributed by atoms with van der Waals surface area (Å²) in [4.78, 5) is 19.1. The van der Waals surface area contributed by atoms with Gasteiger partial charge in [-0.15, -0.1) is 0 Å². The van der Waals surface area contributed by atoms with E-state index in [-0.39, 0.29) is 5.92 Å². The van der Waals surface area contributed by atoms with Gasteiger partial charge in [0.25, 0.3) is 0 Å². The summed E-state index contributed by atoms with van der Waals surface area (Å²) in [6.07, 6.45) is 3.26. The van der Waals surface area contributed by atoms with Crippen molar-refractivity contribution in [2.45, 2.75) is 12.8 Å². The average Bonchev–Trinajstić information content (AvgIpc) is 2.48. The Morgan fingerprint density at radius 2 is 2.00 bits per heavy atom. The summed E-state index contributed by atoms with van der Waals surface area (Å²) in [6.45, 7) is 7.19. The van der Waals surface area contributed by atoms with E-state index >= 15 is 0 Å². The van der Waals surface area contributed by atoms with Gasteiger partial charge in [0, 0.05) is 31.4 Å². The smallest absolute Gasteiger partial charge is 0.225 e. The first kappa shape index (κ1) is 14.7. The van der Waals surface area contributed by atoms with Gasteiger partial charge < -0.3 is 4.90 Å². The largest absolute Gasteiger partial charge is 0.339 e. The molecule has 22 heavy (non-hydrogen) atoms. The summed E-state index contributed by atoms with van der Waals surface area (Å²) < 4.78 is 0. The molecule has 1 fully saturated rings. The van der Waals surface area contributed by atoms with Gasteiger partial charge in [-0.2, -0.15) is 0 Å². The second-order valence-electron chi connectivity index (χ2n) is 5.19. The molecule has 1 aromatic heterocycles. The molecule has 1 aromatic carbocycles. The standard InChI is InChI=1S/C16H16ClN5/c1-11-5-3-4-6-13(11)21-16(18-2)22-9-12(10-22)14-15(17)20-8-7-19-14/h3-8,12H,2,9-10H2,1H3. The van der Waals surface area contributed by atoms with E-state index in [9.17, 15) is 0 Å². The van der Waals surface area contributed by atoms with Crippen molar-refractivity contribution >= 4 is 30.0 Å². The molecule has 2 aromatic rings. The van der Waals surface area contributed by atoms with Crippen LogP contribution >= 0.6 is 11.6 Å². The normalized spacial score (nSPS) is 15.5. The summed E-state index contributed by atoms with van der Waals surface area (Å²) in [5.41, 5.74) is 2.85. The Morgan fingerprint density at radius 1 is 1.27 bits per heavy atom. The lowest BCUT2D eigenvalue weighted by atomic mass is 9.97. The molecule has 3 rings (SSSR count). The van der Waals surface area contributed by atoms with Gasteiger partial charge in [0.15, 0.2) is 5.15 Å². The van der Waals surface area contributed by atoms with Crippen LogP contribution in [0.3, 0.4) is 0 Å². The highest BCUT2D eigenvalue weighted by Gasteiger charge is 2.33. The number of rotatable bonds is 2. The van der Waals surface area contributed by atoms with Crippen molar-refractivity contribution in [1.29, 1.82) is 0 Å². The Bertz CT molecular complexity index is 722. The number of aromatic nitrogens is 2. The molecule has 0 aliphatic carbocycles. The molecule has 1 aliphatic heterocycles. The molecule has 2 heterocycles. The molecule has 0 amide bonds. The zero-order valence-corrected chi connectivity index (χ0v) is 13.0. The number of aliphatic imine (C=N–C) groups is 2. The topological polar surface area (TPSA) is 53.7 Å². The van der Waals surface area contributed by atoms with E-state index in [2.05, 4.69) is 31.6 Å². The summed E-state index contributed by atoms with van der Waals surface area (Å²) in [5.74, 6) is 0.885. The fraction of sp³-hybridized carbons (Fsp3) is 0.250. The first-order valence-corrected chi connectivity index (χ1v) is 7.39. The Morgan fingerprint density at radius 3 is 2.68 bits per heavy atom. The van der Waals surface area contributed by atoms with E-state index < -0.39 is 0 Å². The van der Waals surface area contributed by atoms with Crippen LogP contribution in [0.5, 0.6) is 0 Å². The summed E-state index contributed by atoms with van der Waals surface area (Å²) in [5, 5.41) is 0.469. The second kappa shape index (κ2) is 6.23. The van der Waals surface area contributed by atoms with Crippen molar-refractivity contribution < 1.29 is 0 Å². The van der Waals surface area contributed by atoms with Crippen molar-refractivity contribution in [1.82, 2.24) is 14.9 Å². The van der Waals surface area contributed by atoms with Gasteiger partial charge in [-0.05, 0) is 25.3 Å². The van der Waals surface area contributed by atoms with Crippen LogP contribution in [0.25, 0.3) is 0 Å². The van der Waals surface area contributed by atoms with Crippen molar-refractivity contribution in [3.8, 4) is 0 Å². The number of aryl methyl sites for hydroxylation is 1. The highest BCUT2D eigenvalue weighted by Crippen LogP contribution is 2.30. The third kappa shape index (κ3) is 2.85. The zero-order chi connectivity index (χ0) is 15.5. The Balaban J connectivity index is 1.74. The van der Waals surface area contributed by atoms with Crippen molar-refractivity contribution in [2.24, 2.45) is 9.98 Å². The van der Waals surface area contributed by atoms with Gasteiger partial charge in [-0.25, -0.2) is 15.0 Å². The number of benzene rings is 1. The van der Waals surface area contributed by atoms with Crippen LogP contribution in [0.1, 0.15) is 17.2 Å². The van der Waals surface area contributed by atoms with E-state index in [0.717, 1.165) is 30.0 Å². The third-order valence-electron chi connectivity index (χ3n) is 3.71. The Labute approximate surface area is 134 Å². The molecule has 0 unspecified atom stereocenters. The number of nitrogens with zero attached hydrogens (tertiary/aromatic N) is 5. The molecule has 0 N–H and O–H groups in total. The molecule has 1 saturated heterocycles. The molecule has 6 heteroatoms. The summed E-state index contributed by atoms with van der Waals surface area (Å²) in [6, 6.07) is 7.95. The SMILES string of the molecule is C=NC(=Nc1ccccc1C)N1CC(c2nccnc2Cl)C1. The first-order valence-electron chi connectivity index (χ1n) is 7.01. The van der Waals surface area contributed by atoms with Gasteiger partial charge in [-0.3, -0.25) is 4.98 Å². The van der Waals surface area contributed by atoms with Crippen LogP contribution < -0.4 is 0 Å². The fourth-order valence-corrected chi connectivity index (χ4v) is 2.68. The Hall–Kier alpha value is -2.27. The van der Waals surface area contributed by atoms with Gasteiger partial charge in [0.2, 0.25) is 5.96 Å². The van der Waals surface area contributed by atoms with Crippen molar-refractivity contribution in [3.05, 3.63) is 53.1 Å². The number of guanidine groups is 1. The number of para-hydroxylation sites is 1. The zero-order valence-electron chi connectivity index (χ0n) is 12.3. The predicted octanol–water partition coefficient (Wildman–Crippen LogP) is 3.23. The van der Waals surface area contributed by atoms with Crippen LogP contribution in [0, 0.1) is 6.92 Å². The fourth-order valence-electron chi connectivity index (χ4n) is 2.42. The van der Waals surface area contributed by atoms with Gasteiger partial charge >= 0.3 is 0 Å². The minimum absolute atomic E-state index is 0.255. The molecule has 0 spiro atoms. The molecule has 5 nitrogen and oxygen atoms in total. The van der Waals surface area contributed by atoms with Crippen molar-refractivity contribution in [3.63, 3.8) is 0 Å². The van der Waals surface area contributed by atoms with Crippen LogP contribution in [-0.2, 0) is 0 Å². The molecule has 0 atom stereocenters. The average molecular weight is 314 g/mol. The monoisotopic (exact) mass is 313 g/mol. The van der Waals surface area contributed by atoms with Crippen LogP contribution in [-0.4, -0.2) is 40.6 Å². The lowest BCUT2D eigenvalue weighted by molar-refractivity contribution is 0.246. The van der Waals surface area contributed by atoms with E-state index in [4.69, 9.17) is 11.6 Å². The van der Waals surface area contributed by atoms with Crippen molar-refractivity contribution in [2.75, 3.05) is 13.1 Å². The van der Waals surface area contributed by atoms with Crippen LogP contribution in [0.2, 0.25) is 5.15 Å². The van der Waals surface area contributed by atoms with Gasteiger partial charge in [-0.1, -0.05) is 29.8 Å². The lowest BCUT2D eigenvalue weighted by Crippen LogP contribution is -2.48. The minimum atomic E-state index is 0.255. The number of likely N-dealkylation sites (tertiary alicyclic amines) is 1. The maximum absolute atomic E-state index is 6.09. The maximum Gasteiger partial charge on any atom is 0.225 e. The van der Waals surface area contributed by atoms with Gasteiger partial charge in [0.1, 0.15) is 0 Å². The van der Waals surface area contributed by atoms with E-state index in [1.807, 2.05) is 31.2 Å². The number of hydrogen-bond donors (Lipinski definition) is 0. The highest BCUT2D eigenvalue weighted by molar-refractivity contribution is 6.30. The lowest BCUT2D eigenvalue weighted by Gasteiger charge is -2.39. The number of hydrogen-bond acceptors (Lipinski definition) is 3.